The van der Waals surface area contributed by atoms with Crippen LogP contribution in [0.1, 0.15) is 15.9 Å². The maximum Gasteiger partial charge on any atom is 0.261 e. The van der Waals surface area contributed by atoms with Crippen molar-refractivity contribution in [2.24, 2.45) is 0 Å². The third-order valence-corrected chi connectivity index (χ3v) is 5.87. The Hall–Kier alpha value is -3.43. The van der Waals surface area contributed by atoms with Gasteiger partial charge >= 0.3 is 0 Å². The number of hydrogen-bond donors (Lipinski definition) is 2. The van der Waals surface area contributed by atoms with E-state index in [2.05, 4.69) is 10.0 Å². The van der Waals surface area contributed by atoms with E-state index in [9.17, 15) is 17.6 Å². The van der Waals surface area contributed by atoms with Crippen molar-refractivity contribution < 1.29 is 27.1 Å². The minimum atomic E-state index is -3.89. The van der Waals surface area contributed by atoms with Crippen LogP contribution in [-0.4, -0.2) is 34.6 Å². The third-order valence-electron chi connectivity index (χ3n) is 4.49. The summed E-state index contributed by atoms with van der Waals surface area (Å²) in [7, 11) is -2.31. The molecule has 3 aromatic carbocycles. The monoisotopic (exact) mass is 458 g/mol. The number of rotatable bonds is 9. The smallest absolute Gasteiger partial charge is 0.261 e. The Kier molecular flexibility index (Phi) is 7.45. The lowest BCUT2D eigenvalue weighted by Gasteiger charge is -2.11. The van der Waals surface area contributed by atoms with E-state index < -0.39 is 15.8 Å². The molecule has 0 aromatic heterocycles. The van der Waals surface area contributed by atoms with Crippen LogP contribution in [0.4, 0.5) is 15.8 Å². The molecule has 0 aliphatic heterocycles. The second-order valence-electron chi connectivity index (χ2n) is 6.92. The molecular weight excluding hydrogens is 435 g/mol. The molecule has 0 aliphatic rings. The summed E-state index contributed by atoms with van der Waals surface area (Å²) in [5.41, 5.74) is 1.41. The second-order valence-corrected chi connectivity index (χ2v) is 8.60. The first-order valence-corrected chi connectivity index (χ1v) is 11.2. The molecule has 2 N–H and O–H groups in total. The molecule has 168 valence electrons. The van der Waals surface area contributed by atoms with Crippen LogP contribution >= 0.6 is 0 Å². The van der Waals surface area contributed by atoms with E-state index in [1.807, 2.05) is 0 Å². The van der Waals surface area contributed by atoms with Gasteiger partial charge in [0.1, 0.15) is 18.2 Å². The molecule has 0 bridgehead atoms. The summed E-state index contributed by atoms with van der Waals surface area (Å²) in [4.78, 5) is 12.5. The molecule has 0 aliphatic carbocycles. The first-order valence-electron chi connectivity index (χ1n) is 9.71. The Morgan fingerprint density at radius 3 is 2.41 bits per heavy atom. The molecule has 0 spiro atoms. The van der Waals surface area contributed by atoms with Crippen molar-refractivity contribution in [3.8, 4) is 5.75 Å². The Morgan fingerprint density at radius 1 is 0.969 bits per heavy atom. The highest BCUT2D eigenvalue weighted by molar-refractivity contribution is 7.92. The summed E-state index contributed by atoms with van der Waals surface area (Å²) < 4.78 is 51.3. The number of carbonyl (C=O) groups excluding carboxylic acids is 1. The van der Waals surface area contributed by atoms with Crippen LogP contribution in [0.25, 0.3) is 0 Å². The van der Waals surface area contributed by atoms with Gasteiger partial charge in [0.2, 0.25) is 0 Å². The highest BCUT2D eigenvalue weighted by Crippen LogP contribution is 2.21. The van der Waals surface area contributed by atoms with Crippen molar-refractivity contribution in [3.05, 3.63) is 83.7 Å². The number of hydrogen-bond acceptors (Lipinski definition) is 5. The third kappa shape index (κ3) is 6.05. The van der Waals surface area contributed by atoms with Gasteiger partial charge in [0.25, 0.3) is 15.9 Å². The SMILES string of the molecule is COCCOc1cccc(NC(=O)c2ccc(NS(=O)(=O)c3ccc(F)c(C)c3)cc2)c1. The van der Waals surface area contributed by atoms with Crippen molar-refractivity contribution in [3.63, 3.8) is 0 Å². The van der Waals surface area contributed by atoms with E-state index in [0.717, 1.165) is 6.07 Å². The average molecular weight is 459 g/mol. The normalized spacial score (nSPS) is 11.1. The molecule has 0 saturated carbocycles. The minimum Gasteiger partial charge on any atom is -0.491 e. The van der Waals surface area contributed by atoms with Crippen LogP contribution in [0.5, 0.6) is 5.75 Å². The summed E-state index contributed by atoms with van der Waals surface area (Å²) in [5.74, 6) is -0.241. The molecule has 0 atom stereocenters. The number of nitrogens with one attached hydrogen (secondary N) is 2. The number of carbonyl (C=O) groups is 1. The zero-order chi connectivity index (χ0) is 23.1. The van der Waals surface area contributed by atoms with E-state index in [1.165, 1.54) is 43.3 Å². The zero-order valence-electron chi connectivity index (χ0n) is 17.6. The number of aryl methyl sites for hydroxylation is 1. The van der Waals surface area contributed by atoms with Crippen LogP contribution < -0.4 is 14.8 Å². The lowest BCUT2D eigenvalue weighted by Crippen LogP contribution is -2.14. The maximum absolute atomic E-state index is 13.4. The number of ether oxygens (including phenoxy) is 2. The van der Waals surface area contributed by atoms with Gasteiger partial charge in [0.15, 0.2) is 0 Å². The molecule has 0 heterocycles. The first kappa shape index (κ1) is 23.2. The molecule has 0 saturated heterocycles. The van der Waals surface area contributed by atoms with Gasteiger partial charge < -0.3 is 14.8 Å². The standard InChI is InChI=1S/C23H23FN2O5S/c1-16-14-21(10-11-22(16)24)32(28,29)26-18-8-6-17(7-9-18)23(27)25-19-4-3-5-20(15-19)31-13-12-30-2/h3-11,14-15,26H,12-13H2,1-2H3,(H,25,27). The fourth-order valence-corrected chi connectivity index (χ4v) is 3.94. The lowest BCUT2D eigenvalue weighted by molar-refractivity contribution is 0.102. The molecule has 7 nitrogen and oxygen atoms in total. The van der Waals surface area contributed by atoms with Crippen molar-refractivity contribution in [2.45, 2.75) is 11.8 Å². The van der Waals surface area contributed by atoms with Crippen LogP contribution in [0.15, 0.2) is 71.6 Å². The summed E-state index contributed by atoms with van der Waals surface area (Å²) in [6.07, 6.45) is 0. The minimum absolute atomic E-state index is 0.0502. The van der Waals surface area contributed by atoms with Gasteiger partial charge in [0, 0.05) is 30.1 Å². The van der Waals surface area contributed by atoms with Gasteiger partial charge in [-0.3, -0.25) is 9.52 Å². The fourth-order valence-electron chi connectivity index (χ4n) is 2.80. The Morgan fingerprint density at radius 2 is 1.72 bits per heavy atom. The largest absolute Gasteiger partial charge is 0.491 e. The molecule has 3 aromatic rings. The molecule has 0 fully saturated rings. The van der Waals surface area contributed by atoms with E-state index >= 15 is 0 Å². The molecule has 3 rings (SSSR count). The Labute approximate surface area is 186 Å². The molecule has 9 heteroatoms. The molecular formula is C23H23FN2O5S. The zero-order valence-corrected chi connectivity index (χ0v) is 18.4. The van der Waals surface area contributed by atoms with Crippen LogP contribution in [0.3, 0.4) is 0 Å². The summed E-state index contributed by atoms with van der Waals surface area (Å²) in [6.45, 7) is 2.33. The first-order chi connectivity index (χ1) is 15.3. The van der Waals surface area contributed by atoms with Gasteiger partial charge in [-0.2, -0.15) is 0 Å². The quantitative estimate of drug-likeness (QED) is 0.469. The highest BCUT2D eigenvalue weighted by Gasteiger charge is 2.16. The van der Waals surface area contributed by atoms with Gasteiger partial charge in [-0.25, -0.2) is 12.8 Å². The van der Waals surface area contributed by atoms with E-state index in [-0.39, 0.29) is 22.1 Å². The van der Waals surface area contributed by atoms with Crippen molar-refractivity contribution in [1.82, 2.24) is 0 Å². The summed E-state index contributed by atoms with van der Waals surface area (Å²) in [6, 6.07) is 16.5. The maximum atomic E-state index is 13.4. The van der Waals surface area contributed by atoms with Crippen LogP contribution in [0, 0.1) is 12.7 Å². The number of benzene rings is 3. The molecule has 0 unspecified atom stereocenters. The van der Waals surface area contributed by atoms with E-state index in [1.54, 1.807) is 31.4 Å². The van der Waals surface area contributed by atoms with Crippen molar-refractivity contribution >= 4 is 27.3 Å². The fraction of sp³-hybridized carbons (Fsp3) is 0.174. The number of anilines is 2. The predicted octanol–water partition coefficient (Wildman–Crippen LogP) is 4.21. The summed E-state index contributed by atoms with van der Waals surface area (Å²) in [5, 5.41) is 2.77. The van der Waals surface area contributed by atoms with Gasteiger partial charge in [-0.1, -0.05) is 6.07 Å². The highest BCUT2D eigenvalue weighted by atomic mass is 32.2. The lowest BCUT2D eigenvalue weighted by atomic mass is 10.2. The van der Waals surface area contributed by atoms with Gasteiger partial charge in [0.05, 0.1) is 11.5 Å². The number of amides is 1. The van der Waals surface area contributed by atoms with E-state index in [4.69, 9.17) is 9.47 Å². The van der Waals surface area contributed by atoms with Crippen LogP contribution in [0.2, 0.25) is 0 Å². The van der Waals surface area contributed by atoms with Crippen LogP contribution in [-0.2, 0) is 14.8 Å². The average Bonchev–Trinajstić information content (AvgIpc) is 2.76. The predicted molar refractivity (Wildman–Crippen MR) is 120 cm³/mol. The van der Waals surface area contributed by atoms with Gasteiger partial charge in [-0.15, -0.1) is 0 Å². The molecule has 32 heavy (non-hydrogen) atoms. The second kappa shape index (κ2) is 10.3. The van der Waals surface area contributed by atoms with Gasteiger partial charge in [-0.05, 0) is 67.1 Å². The van der Waals surface area contributed by atoms with E-state index in [0.29, 0.717) is 30.2 Å². The Bertz CT molecular complexity index is 1200. The van der Waals surface area contributed by atoms with Crippen molar-refractivity contribution in [2.75, 3.05) is 30.4 Å². The Balaban J connectivity index is 1.65. The summed E-state index contributed by atoms with van der Waals surface area (Å²) >= 11 is 0. The molecule has 1 amide bonds. The number of halogens is 1. The topological polar surface area (TPSA) is 93.7 Å². The number of sulfonamides is 1. The number of methoxy groups -OCH3 is 1. The molecule has 0 radical (unpaired) electrons. The van der Waals surface area contributed by atoms with Crippen molar-refractivity contribution in [1.29, 1.82) is 0 Å².